The third-order valence-electron chi connectivity index (χ3n) is 2.98. The van der Waals surface area contributed by atoms with Crippen molar-refractivity contribution in [3.05, 3.63) is 53.9 Å². The fourth-order valence-corrected chi connectivity index (χ4v) is 3.10. The second kappa shape index (κ2) is 6.13. The number of esters is 1. The van der Waals surface area contributed by atoms with Crippen molar-refractivity contribution in [2.75, 3.05) is 6.61 Å². The first-order valence-corrected chi connectivity index (χ1v) is 8.02. The van der Waals surface area contributed by atoms with E-state index < -0.39 is 10.0 Å². The SMILES string of the molecule is CCOC(=O)Cc1ccn(S(=O)(=O)c2ccc(C)cc2)c1. The maximum Gasteiger partial charge on any atom is 0.310 e. The molecule has 0 fully saturated rings. The largest absolute Gasteiger partial charge is 0.466 e. The van der Waals surface area contributed by atoms with Crippen molar-refractivity contribution >= 4 is 16.0 Å². The molecule has 0 radical (unpaired) electrons. The number of aromatic nitrogens is 1. The smallest absolute Gasteiger partial charge is 0.310 e. The van der Waals surface area contributed by atoms with Gasteiger partial charge in [-0.2, -0.15) is 0 Å². The molecule has 0 aliphatic heterocycles. The number of carbonyl (C=O) groups is 1. The summed E-state index contributed by atoms with van der Waals surface area (Å²) in [5, 5.41) is 0. The van der Waals surface area contributed by atoms with Crippen molar-refractivity contribution < 1.29 is 17.9 Å². The molecule has 2 aromatic rings. The highest BCUT2D eigenvalue weighted by Gasteiger charge is 2.17. The van der Waals surface area contributed by atoms with Crippen LogP contribution in [0.15, 0.2) is 47.6 Å². The van der Waals surface area contributed by atoms with Crippen molar-refractivity contribution in [1.82, 2.24) is 3.97 Å². The number of hydrogen-bond acceptors (Lipinski definition) is 4. The van der Waals surface area contributed by atoms with Gasteiger partial charge in [0.05, 0.1) is 17.9 Å². The number of nitrogens with zero attached hydrogens (tertiary/aromatic N) is 1. The Hall–Kier alpha value is -2.08. The number of ether oxygens (including phenoxy) is 1. The summed E-state index contributed by atoms with van der Waals surface area (Å²) in [7, 11) is -3.62. The van der Waals surface area contributed by atoms with Crippen LogP contribution < -0.4 is 0 Å². The van der Waals surface area contributed by atoms with E-state index in [-0.39, 0.29) is 17.3 Å². The van der Waals surface area contributed by atoms with Crippen LogP contribution in [-0.2, 0) is 26.0 Å². The van der Waals surface area contributed by atoms with E-state index in [0.29, 0.717) is 12.2 Å². The molecule has 0 aliphatic rings. The lowest BCUT2D eigenvalue weighted by Crippen LogP contribution is -2.11. The Morgan fingerprint density at radius 2 is 1.86 bits per heavy atom. The van der Waals surface area contributed by atoms with Gasteiger partial charge in [-0.05, 0) is 37.6 Å². The third kappa shape index (κ3) is 3.52. The number of carbonyl (C=O) groups excluding carboxylic acids is 1. The molecule has 0 aliphatic carbocycles. The maximum absolute atomic E-state index is 12.4. The molecule has 1 aromatic heterocycles. The van der Waals surface area contributed by atoms with Crippen LogP contribution in [0.1, 0.15) is 18.1 Å². The molecule has 0 atom stereocenters. The quantitative estimate of drug-likeness (QED) is 0.794. The van der Waals surface area contributed by atoms with E-state index in [9.17, 15) is 13.2 Å². The minimum Gasteiger partial charge on any atom is -0.466 e. The predicted octanol–water partition coefficient (Wildman–Crippen LogP) is 2.14. The highest BCUT2D eigenvalue weighted by atomic mass is 32.2. The van der Waals surface area contributed by atoms with Gasteiger partial charge in [0.25, 0.3) is 10.0 Å². The molecule has 0 saturated carbocycles. The Balaban J connectivity index is 2.24. The van der Waals surface area contributed by atoms with Gasteiger partial charge < -0.3 is 4.74 Å². The summed E-state index contributed by atoms with van der Waals surface area (Å²) in [5.74, 6) is -0.372. The molecule has 5 nitrogen and oxygen atoms in total. The number of rotatable bonds is 5. The summed E-state index contributed by atoms with van der Waals surface area (Å²) >= 11 is 0. The molecular formula is C15H17NO4S. The van der Waals surface area contributed by atoms with E-state index in [4.69, 9.17) is 4.74 Å². The fraction of sp³-hybridized carbons (Fsp3) is 0.267. The van der Waals surface area contributed by atoms with Crippen molar-refractivity contribution in [1.29, 1.82) is 0 Å². The van der Waals surface area contributed by atoms with Crippen molar-refractivity contribution in [3.8, 4) is 0 Å². The zero-order chi connectivity index (χ0) is 15.5. The molecule has 2 rings (SSSR count). The van der Waals surface area contributed by atoms with Crippen LogP contribution >= 0.6 is 0 Å². The number of benzene rings is 1. The zero-order valence-corrected chi connectivity index (χ0v) is 12.8. The summed E-state index contributed by atoms with van der Waals surface area (Å²) in [6, 6.07) is 8.22. The highest BCUT2D eigenvalue weighted by molar-refractivity contribution is 7.90. The molecule has 0 saturated heterocycles. The monoisotopic (exact) mass is 307 g/mol. The molecule has 0 amide bonds. The molecular weight excluding hydrogens is 290 g/mol. The molecule has 0 N–H and O–H groups in total. The van der Waals surface area contributed by atoms with Crippen LogP contribution in [0.25, 0.3) is 0 Å². The van der Waals surface area contributed by atoms with Crippen molar-refractivity contribution in [2.45, 2.75) is 25.2 Å². The number of aryl methyl sites for hydroxylation is 1. The van der Waals surface area contributed by atoms with Gasteiger partial charge in [-0.25, -0.2) is 12.4 Å². The Morgan fingerprint density at radius 1 is 1.19 bits per heavy atom. The summed E-state index contributed by atoms with van der Waals surface area (Å²) in [4.78, 5) is 11.6. The third-order valence-corrected chi connectivity index (χ3v) is 4.63. The van der Waals surface area contributed by atoms with Gasteiger partial charge in [0.15, 0.2) is 0 Å². The van der Waals surface area contributed by atoms with E-state index in [2.05, 4.69) is 0 Å². The average molecular weight is 307 g/mol. The number of hydrogen-bond donors (Lipinski definition) is 0. The van der Waals surface area contributed by atoms with Gasteiger partial charge in [-0.3, -0.25) is 4.79 Å². The highest BCUT2D eigenvalue weighted by Crippen LogP contribution is 2.16. The fourth-order valence-electron chi connectivity index (χ4n) is 1.88. The lowest BCUT2D eigenvalue weighted by Gasteiger charge is -2.05. The molecule has 112 valence electrons. The van der Waals surface area contributed by atoms with E-state index in [1.54, 1.807) is 37.3 Å². The van der Waals surface area contributed by atoms with Gasteiger partial charge in [0, 0.05) is 12.4 Å². The van der Waals surface area contributed by atoms with Gasteiger partial charge in [0.1, 0.15) is 0 Å². The second-order valence-corrected chi connectivity index (χ2v) is 6.49. The van der Waals surface area contributed by atoms with E-state index in [1.807, 2.05) is 6.92 Å². The molecule has 21 heavy (non-hydrogen) atoms. The average Bonchev–Trinajstić information content (AvgIpc) is 2.88. The predicted molar refractivity (Wildman–Crippen MR) is 78.5 cm³/mol. The summed E-state index contributed by atoms with van der Waals surface area (Å²) in [6.45, 7) is 3.93. The van der Waals surface area contributed by atoms with E-state index in [1.165, 1.54) is 12.4 Å². The topological polar surface area (TPSA) is 65.4 Å². The lowest BCUT2D eigenvalue weighted by atomic mass is 10.2. The maximum atomic E-state index is 12.4. The van der Waals surface area contributed by atoms with Crippen LogP contribution in [0.2, 0.25) is 0 Å². The van der Waals surface area contributed by atoms with Gasteiger partial charge in [-0.1, -0.05) is 17.7 Å². The first kappa shape index (κ1) is 15.3. The molecule has 0 bridgehead atoms. The molecule has 6 heteroatoms. The Morgan fingerprint density at radius 3 is 2.48 bits per heavy atom. The first-order valence-electron chi connectivity index (χ1n) is 6.58. The Bertz CT molecular complexity index is 729. The second-order valence-electron chi connectivity index (χ2n) is 4.65. The van der Waals surface area contributed by atoms with Crippen LogP contribution in [-0.4, -0.2) is 25.0 Å². The van der Waals surface area contributed by atoms with Crippen LogP contribution in [0.4, 0.5) is 0 Å². The minimum absolute atomic E-state index is 0.0598. The van der Waals surface area contributed by atoms with Crippen LogP contribution in [0, 0.1) is 6.92 Å². The zero-order valence-electron chi connectivity index (χ0n) is 11.9. The van der Waals surface area contributed by atoms with Crippen LogP contribution in [0.5, 0.6) is 0 Å². The summed E-state index contributed by atoms with van der Waals surface area (Å²) in [6.07, 6.45) is 2.93. The lowest BCUT2D eigenvalue weighted by molar-refractivity contribution is -0.142. The summed E-state index contributed by atoms with van der Waals surface area (Å²) < 4.78 is 30.8. The van der Waals surface area contributed by atoms with Crippen molar-refractivity contribution in [2.24, 2.45) is 0 Å². The first-order chi connectivity index (χ1) is 9.93. The van der Waals surface area contributed by atoms with Crippen molar-refractivity contribution in [3.63, 3.8) is 0 Å². The molecule has 0 unspecified atom stereocenters. The van der Waals surface area contributed by atoms with Gasteiger partial charge >= 0.3 is 5.97 Å². The van der Waals surface area contributed by atoms with Gasteiger partial charge in [-0.15, -0.1) is 0 Å². The summed E-state index contributed by atoms with van der Waals surface area (Å²) in [5.41, 5.74) is 1.59. The van der Waals surface area contributed by atoms with Gasteiger partial charge in [0.2, 0.25) is 0 Å². The minimum atomic E-state index is -3.62. The van der Waals surface area contributed by atoms with Crippen LogP contribution in [0.3, 0.4) is 0 Å². The Kier molecular flexibility index (Phi) is 4.47. The van der Waals surface area contributed by atoms with E-state index in [0.717, 1.165) is 9.54 Å². The molecule has 1 heterocycles. The normalized spacial score (nSPS) is 11.3. The molecule has 1 aromatic carbocycles. The molecule has 0 spiro atoms. The standard InChI is InChI=1S/C15H17NO4S/c1-3-20-15(17)10-13-8-9-16(11-13)21(18,19)14-6-4-12(2)5-7-14/h4-9,11H,3,10H2,1-2H3. The van der Waals surface area contributed by atoms with E-state index >= 15 is 0 Å². The Labute approximate surface area is 124 Å².